The summed E-state index contributed by atoms with van der Waals surface area (Å²) in [5.74, 6) is 0. The average Bonchev–Trinajstić information content (AvgIpc) is 1.72. The Morgan fingerprint density at radius 1 is 1.29 bits per heavy atom. The molecule has 0 aromatic carbocycles. The summed E-state index contributed by atoms with van der Waals surface area (Å²) in [7, 11) is 4.19. The molecule has 0 saturated carbocycles. The van der Waals surface area contributed by atoms with Gasteiger partial charge in [-0.2, -0.15) is 0 Å². The minimum absolute atomic E-state index is 0.804. The molecule has 0 spiro atoms. The summed E-state index contributed by atoms with van der Waals surface area (Å²) in [4.78, 5) is 0. The summed E-state index contributed by atoms with van der Waals surface area (Å²) in [5, 5.41) is 2.82. The molecule has 0 unspecified atom stereocenters. The van der Waals surface area contributed by atoms with Crippen LogP contribution in [0.1, 0.15) is 0 Å². The van der Waals surface area contributed by atoms with E-state index in [1.54, 1.807) is 21.3 Å². The van der Waals surface area contributed by atoms with Crippen molar-refractivity contribution in [3.63, 3.8) is 0 Å². The van der Waals surface area contributed by atoms with Crippen LogP contribution in [0.15, 0.2) is 0 Å². The molecule has 0 radical (unpaired) electrons. The maximum atomic E-state index is 4.78. The Balaban J connectivity index is 2.99. The molecule has 0 aliphatic rings. The standard InChI is InChI=1S/C3H10NO2P/c1-4-7(5-2)6-3/h4H,1-3H3. The Morgan fingerprint density at radius 2 is 1.71 bits per heavy atom. The summed E-state index contributed by atoms with van der Waals surface area (Å²) in [6.45, 7) is 0. The van der Waals surface area contributed by atoms with E-state index in [0.29, 0.717) is 0 Å². The van der Waals surface area contributed by atoms with E-state index >= 15 is 0 Å². The fourth-order valence-electron chi connectivity index (χ4n) is 0.257. The molecule has 0 atom stereocenters. The largest absolute Gasteiger partial charge is 0.325 e. The summed E-state index contributed by atoms with van der Waals surface area (Å²) in [5.41, 5.74) is 0. The van der Waals surface area contributed by atoms with E-state index in [0.717, 1.165) is 0 Å². The molecule has 0 aromatic rings. The molecule has 0 amide bonds. The Labute approximate surface area is 45.0 Å². The zero-order chi connectivity index (χ0) is 5.70. The molecule has 4 heteroatoms. The van der Waals surface area contributed by atoms with Gasteiger partial charge in [-0.15, -0.1) is 0 Å². The molecule has 3 nitrogen and oxygen atoms in total. The Kier molecular flexibility index (Phi) is 4.67. The van der Waals surface area contributed by atoms with Crippen molar-refractivity contribution >= 4 is 8.53 Å². The van der Waals surface area contributed by atoms with Gasteiger partial charge in [-0.1, -0.05) is 0 Å². The quantitative estimate of drug-likeness (QED) is 0.561. The molecule has 0 bridgehead atoms. The van der Waals surface area contributed by atoms with Crippen LogP contribution in [0.3, 0.4) is 0 Å². The SMILES string of the molecule is CNP(OC)OC. The summed E-state index contributed by atoms with van der Waals surface area (Å²) < 4.78 is 9.56. The monoisotopic (exact) mass is 123 g/mol. The van der Waals surface area contributed by atoms with Gasteiger partial charge in [-0.05, 0) is 7.05 Å². The van der Waals surface area contributed by atoms with E-state index in [1.807, 2.05) is 0 Å². The van der Waals surface area contributed by atoms with Crippen LogP contribution in [-0.4, -0.2) is 21.3 Å². The number of nitrogens with one attached hydrogen (secondary N) is 1. The average molecular weight is 123 g/mol. The van der Waals surface area contributed by atoms with Crippen LogP contribution in [0.25, 0.3) is 0 Å². The third-order valence-corrected chi connectivity index (χ3v) is 1.54. The molecule has 0 fully saturated rings. The van der Waals surface area contributed by atoms with Gasteiger partial charge in [0.05, 0.1) is 0 Å². The summed E-state index contributed by atoms with van der Waals surface area (Å²) >= 11 is 0. The lowest BCUT2D eigenvalue weighted by Crippen LogP contribution is -1.99. The molecular formula is C3H10NO2P. The summed E-state index contributed by atoms with van der Waals surface area (Å²) in [6, 6.07) is 0. The van der Waals surface area contributed by atoms with Crippen molar-refractivity contribution in [2.75, 3.05) is 21.3 Å². The van der Waals surface area contributed by atoms with Gasteiger partial charge in [0.2, 0.25) is 0 Å². The van der Waals surface area contributed by atoms with Crippen LogP contribution in [0.4, 0.5) is 0 Å². The van der Waals surface area contributed by atoms with E-state index < -0.39 is 8.53 Å². The van der Waals surface area contributed by atoms with Crippen LogP contribution < -0.4 is 5.09 Å². The van der Waals surface area contributed by atoms with E-state index in [4.69, 9.17) is 9.05 Å². The van der Waals surface area contributed by atoms with Gasteiger partial charge < -0.3 is 9.05 Å². The zero-order valence-electron chi connectivity index (χ0n) is 4.76. The third kappa shape index (κ3) is 2.94. The van der Waals surface area contributed by atoms with Crippen LogP contribution >= 0.6 is 8.53 Å². The van der Waals surface area contributed by atoms with Crippen LogP contribution in [0, 0.1) is 0 Å². The fourth-order valence-corrected chi connectivity index (χ4v) is 0.771. The van der Waals surface area contributed by atoms with Crippen LogP contribution in [0.5, 0.6) is 0 Å². The van der Waals surface area contributed by atoms with Gasteiger partial charge in [0.15, 0.2) is 0 Å². The van der Waals surface area contributed by atoms with E-state index in [1.165, 1.54) is 0 Å². The highest BCUT2D eigenvalue weighted by molar-refractivity contribution is 7.44. The second-order valence-electron chi connectivity index (χ2n) is 0.846. The molecule has 0 rings (SSSR count). The van der Waals surface area contributed by atoms with Crippen molar-refractivity contribution in [2.24, 2.45) is 0 Å². The molecule has 0 aliphatic heterocycles. The number of rotatable bonds is 3. The van der Waals surface area contributed by atoms with Crippen molar-refractivity contribution in [3.05, 3.63) is 0 Å². The first kappa shape index (κ1) is 7.31. The normalized spacial score (nSPS) is 10.3. The topological polar surface area (TPSA) is 30.5 Å². The Hall–Kier alpha value is 0.310. The lowest BCUT2D eigenvalue weighted by molar-refractivity contribution is 0.333. The number of hydrogen-bond donors (Lipinski definition) is 1. The van der Waals surface area contributed by atoms with Crippen molar-refractivity contribution in [1.29, 1.82) is 0 Å². The second-order valence-corrected chi connectivity index (χ2v) is 2.54. The Morgan fingerprint density at radius 3 is 1.71 bits per heavy atom. The molecular weight excluding hydrogens is 113 g/mol. The molecule has 0 heterocycles. The fraction of sp³-hybridized carbons (Fsp3) is 1.00. The maximum absolute atomic E-state index is 4.78. The van der Waals surface area contributed by atoms with Crippen LogP contribution in [-0.2, 0) is 9.05 Å². The van der Waals surface area contributed by atoms with Gasteiger partial charge in [0.1, 0.15) is 0 Å². The smallest absolute Gasteiger partial charge is 0.254 e. The first-order valence-electron chi connectivity index (χ1n) is 1.91. The molecule has 7 heavy (non-hydrogen) atoms. The first-order chi connectivity index (χ1) is 3.35. The van der Waals surface area contributed by atoms with Gasteiger partial charge in [-0.25, -0.2) is 0 Å². The molecule has 0 saturated heterocycles. The third-order valence-electron chi connectivity index (χ3n) is 0.514. The van der Waals surface area contributed by atoms with Crippen molar-refractivity contribution in [1.82, 2.24) is 5.09 Å². The Bertz CT molecular complexity index is 34.4. The highest BCUT2D eigenvalue weighted by Gasteiger charge is 1.97. The summed E-state index contributed by atoms with van der Waals surface area (Å²) in [6.07, 6.45) is 0. The van der Waals surface area contributed by atoms with Gasteiger partial charge >= 0.3 is 0 Å². The second kappa shape index (κ2) is 4.47. The van der Waals surface area contributed by atoms with E-state index in [9.17, 15) is 0 Å². The van der Waals surface area contributed by atoms with E-state index in [2.05, 4.69) is 5.09 Å². The van der Waals surface area contributed by atoms with E-state index in [-0.39, 0.29) is 0 Å². The lowest BCUT2D eigenvalue weighted by atomic mass is 11.6. The van der Waals surface area contributed by atoms with Crippen molar-refractivity contribution < 1.29 is 9.05 Å². The predicted molar refractivity (Wildman–Crippen MR) is 30.0 cm³/mol. The van der Waals surface area contributed by atoms with Gasteiger partial charge in [0, 0.05) is 14.2 Å². The molecule has 44 valence electrons. The van der Waals surface area contributed by atoms with Crippen molar-refractivity contribution in [2.45, 2.75) is 0 Å². The molecule has 0 aliphatic carbocycles. The minimum atomic E-state index is -0.804. The maximum Gasteiger partial charge on any atom is 0.254 e. The lowest BCUT2D eigenvalue weighted by Gasteiger charge is -2.07. The highest BCUT2D eigenvalue weighted by Crippen LogP contribution is 2.28. The van der Waals surface area contributed by atoms with Gasteiger partial charge in [-0.3, -0.25) is 5.09 Å². The highest BCUT2D eigenvalue weighted by atomic mass is 31.2. The van der Waals surface area contributed by atoms with Crippen LogP contribution in [0.2, 0.25) is 0 Å². The molecule has 0 aromatic heterocycles. The minimum Gasteiger partial charge on any atom is -0.325 e. The first-order valence-corrected chi connectivity index (χ1v) is 3.08. The van der Waals surface area contributed by atoms with Crippen molar-refractivity contribution in [3.8, 4) is 0 Å². The zero-order valence-corrected chi connectivity index (χ0v) is 5.66. The predicted octanol–water partition coefficient (Wildman–Crippen LogP) is 0.726. The van der Waals surface area contributed by atoms with Gasteiger partial charge in [0.25, 0.3) is 8.53 Å². The number of hydrogen-bond acceptors (Lipinski definition) is 3. The molecule has 1 N–H and O–H groups in total.